The zero-order valence-corrected chi connectivity index (χ0v) is 23.3. The van der Waals surface area contributed by atoms with E-state index >= 15 is 0 Å². The standard InChI is InChI=1S/C33H33N3O2S/c1-22-14-16-25(17-15-22)34-28(37)21-39-32-35-30-26-12-6-5-11-24(26)20-33(18-8-3-9-19-33)29(30)31(38)36(32)27-13-7-4-10-23(27)2/h4-7,10-17H,3,8-9,18-21H2,1-2H3,(H,34,37). The molecule has 0 atom stereocenters. The molecule has 1 N–H and O–H groups in total. The van der Waals surface area contributed by atoms with Crippen LogP contribution in [-0.4, -0.2) is 21.2 Å². The zero-order chi connectivity index (χ0) is 27.0. The molecular formula is C33H33N3O2S. The van der Waals surface area contributed by atoms with E-state index in [0.29, 0.717) is 5.16 Å². The number of anilines is 1. The summed E-state index contributed by atoms with van der Waals surface area (Å²) in [6, 6.07) is 24.1. The van der Waals surface area contributed by atoms with Crippen LogP contribution in [-0.2, 0) is 16.6 Å². The average Bonchev–Trinajstić information content (AvgIpc) is 2.94. The number of benzene rings is 3. The smallest absolute Gasteiger partial charge is 0.263 e. The number of carbonyl (C=O) groups excluding carboxylic acids is 1. The fourth-order valence-corrected chi connectivity index (χ4v) is 7.07. The van der Waals surface area contributed by atoms with Gasteiger partial charge in [-0.2, -0.15) is 0 Å². The molecule has 4 aromatic rings. The van der Waals surface area contributed by atoms with Gasteiger partial charge < -0.3 is 5.32 Å². The van der Waals surface area contributed by atoms with Crippen LogP contribution in [0.4, 0.5) is 5.69 Å². The Kier molecular flexibility index (Phi) is 6.90. The van der Waals surface area contributed by atoms with Gasteiger partial charge in [-0.05, 0) is 62.4 Å². The molecule has 2 aliphatic carbocycles. The zero-order valence-electron chi connectivity index (χ0n) is 22.5. The van der Waals surface area contributed by atoms with Crippen molar-refractivity contribution in [2.75, 3.05) is 11.1 Å². The number of amides is 1. The van der Waals surface area contributed by atoms with E-state index in [9.17, 15) is 9.59 Å². The summed E-state index contributed by atoms with van der Waals surface area (Å²) in [6.07, 6.45) is 6.35. The number of hydrogen-bond donors (Lipinski definition) is 1. The van der Waals surface area contributed by atoms with E-state index in [1.165, 1.54) is 23.7 Å². The molecule has 3 aromatic carbocycles. The van der Waals surface area contributed by atoms with E-state index in [0.717, 1.165) is 71.4 Å². The summed E-state index contributed by atoms with van der Waals surface area (Å²) in [7, 11) is 0. The molecule has 1 spiro atoms. The highest BCUT2D eigenvalue weighted by Crippen LogP contribution is 2.49. The third-order valence-corrected chi connectivity index (χ3v) is 9.16. The second-order valence-electron chi connectivity index (χ2n) is 10.9. The third-order valence-electron chi connectivity index (χ3n) is 8.22. The molecule has 1 saturated carbocycles. The summed E-state index contributed by atoms with van der Waals surface area (Å²) in [5, 5.41) is 3.52. The number of hydrogen-bond acceptors (Lipinski definition) is 4. The normalized spacial score (nSPS) is 15.4. The van der Waals surface area contributed by atoms with Crippen LogP contribution in [0.1, 0.15) is 54.4 Å². The van der Waals surface area contributed by atoms with Crippen molar-refractivity contribution in [1.82, 2.24) is 9.55 Å². The molecule has 0 unspecified atom stereocenters. The van der Waals surface area contributed by atoms with E-state index in [2.05, 4.69) is 23.5 Å². The van der Waals surface area contributed by atoms with Gasteiger partial charge in [0.25, 0.3) is 5.56 Å². The maximum absolute atomic E-state index is 14.6. The lowest BCUT2D eigenvalue weighted by molar-refractivity contribution is -0.113. The quantitative estimate of drug-likeness (QED) is 0.221. The number of nitrogens with one attached hydrogen (secondary N) is 1. The van der Waals surface area contributed by atoms with Crippen molar-refractivity contribution in [3.63, 3.8) is 0 Å². The number of para-hydroxylation sites is 1. The maximum atomic E-state index is 14.6. The van der Waals surface area contributed by atoms with Gasteiger partial charge in [0.2, 0.25) is 5.91 Å². The Morgan fingerprint density at radius 3 is 2.44 bits per heavy atom. The van der Waals surface area contributed by atoms with Crippen molar-refractivity contribution >= 4 is 23.4 Å². The maximum Gasteiger partial charge on any atom is 0.263 e. The first-order valence-electron chi connectivity index (χ1n) is 13.8. The van der Waals surface area contributed by atoms with Gasteiger partial charge in [-0.1, -0.05) is 91.2 Å². The van der Waals surface area contributed by atoms with Crippen molar-refractivity contribution in [3.8, 4) is 16.9 Å². The van der Waals surface area contributed by atoms with E-state index in [1.54, 1.807) is 4.57 Å². The molecule has 1 fully saturated rings. The molecule has 0 saturated heterocycles. The Morgan fingerprint density at radius 2 is 1.67 bits per heavy atom. The lowest BCUT2D eigenvalue weighted by atomic mass is 9.62. The van der Waals surface area contributed by atoms with Gasteiger partial charge in [-0.3, -0.25) is 14.2 Å². The highest BCUT2D eigenvalue weighted by Gasteiger charge is 2.43. The van der Waals surface area contributed by atoms with Gasteiger partial charge in [0.1, 0.15) is 0 Å². The molecule has 2 aliphatic rings. The van der Waals surface area contributed by atoms with Gasteiger partial charge in [0.05, 0.1) is 22.7 Å². The third kappa shape index (κ3) is 4.82. The van der Waals surface area contributed by atoms with Gasteiger partial charge in [0.15, 0.2) is 5.16 Å². The Labute approximate surface area is 233 Å². The van der Waals surface area contributed by atoms with E-state index in [4.69, 9.17) is 4.98 Å². The SMILES string of the molecule is Cc1ccc(NC(=O)CSc2nc3c(c(=O)n2-c2ccccc2C)C2(CCCCC2)Cc2ccccc2-3)cc1. The van der Waals surface area contributed by atoms with Gasteiger partial charge in [-0.25, -0.2) is 4.98 Å². The highest BCUT2D eigenvalue weighted by molar-refractivity contribution is 7.99. The van der Waals surface area contributed by atoms with Gasteiger partial charge in [-0.15, -0.1) is 0 Å². The van der Waals surface area contributed by atoms with E-state index in [-0.39, 0.29) is 22.6 Å². The molecule has 0 bridgehead atoms. The highest BCUT2D eigenvalue weighted by atomic mass is 32.2. The van der Waals surface area contributed by atoms with Crippen LogP contribution in [0.15, 0.2) is 82.7 Å². The second kappa shape index (κ2) is 10.5. The summed E-state index contributed by atoms with van der Waals surface area (Å²) in [5.74, 6) is 0.0222. The Hall–Kier alpha value is -3.64. The van der Waals surface area contributed by atoms with Crippen LogP contribution in [0.25, 0.3) is 16.9 Å². The van der Waals surface area contributed by atoms with Gasteiger partial charge >= 0.3 is 0 Å². The molecule has 1 heterocycles. The molecule has 1 aromatic heterocycles. The van der Waals surface area contributed by atoms with E-state index in [1.807, 2.05) is 68.4 Å². The number of fused-ring (bicyclic) bond motifs is 4. The predicted molar refractivity (Wildman–Crippen MR) is 159 cm³/mol. The van der Waals surface area contributed by atoms with Crippen LogP contribution in [0.5, 0.6) is 0 Å². The molecule has 6 heteroatoms. The molecule has 5 nitrogen and oxygen atoms in total. The minimum Gasteiger partial charge on any atom is -0.325 e. The number of rotatable bonds is 5. The molecular weight excluding hydrogens is 502 g/mol. The minimum atomic E-state index is -0.192. The first-order chi connectivity index (χ1) is 18.9. The van der Waals surface area contributed by atoms with Crippen molar-refractivity contribution in [3.05, 3.63) is 105 Å². The molecule has 0 aliphatic heterocycles. The summed E-state index contributed by atoms with van der Waals surface area (Å²) in [4.78, 5) is 32.8. The topological polar surface area (TPSA) is 64.0 Å². The first-order valence-corrected chi connectivity index (χ1v) is 14.7. The Balaban J connectivity index is 1.47. The summed E-state index contributed by atoms with van der Waals surface area (Å²) < 4.78 is 1.77. The number of carbonyl (C=O) groups is 1. The fourth-order valence-electron chi connectivity index (χ4n) is 6.28. The predicted octanol–water partition coefficient (Wildman–Crippen LogP) is 7.01. The second-order valence-corrected chi connectivity index (χ2v) is 11.9. The number of nitrogens with zero attached hydrogens (tertiary/aromatic N) is 2. The molecule has 1 amide bonds. The molecule has 198 valence electrons. The molecule has 6 rings (SSSR count). The summed E-state index contributed by atoms with van der Waals surface area (Å²) in [6.45, 7) is 4.04. The van der Waals surface area contributed by atoms with Crippen molar-refractivity contribution in [2.45, 2.75) is 62.9 Å². The molecule has 39 heavy (non-hydrogen) atoms. The van der Waals surface area contributed by atoms with Crippen LogP contribution in [0.3, 0.4) is 0 Å². The first kappa shape index (κ1) is 25.6. The molecule has 0 radical (unpaired) electrons. The summed E-state index contributed by atoms with van der Waals surface area (Å²) in [5.41, 5.74) is 7.50. The van der Waals surface area contributed by atoms with Crippen LogP contribution >= 0.6 is 11.8 Å². The Bertz CT molecular complexity index is 1600. The van der Waals surface area contributed by atoms with Crippen molar-refractivity contribution in [1.29, 1.82) is 0 Å². The largest absolute Gasteiger partial charge is 0.325 e. The van der Waals surface area contributed by atoms with Crippen LogP contribution < -0.4 is 10.9 Å². The monoisotopic (exact) mass is 535 g/mol. The fraction of sp³-hybridized carbons (Fsp3) is 0.303. The Morgan fingerprint density at radius 1 is 0.949 bits per heavy atom. The van der Waals surface area contributed by atoms with Crippen LogP contribution in [0, 0.1) is 13.8 Å². The number of thioether (sulfide) groups is 1. The lowest BCUT2D eigenvalue weighted by Gasteiger charge is -2.42. The summed E-state index contributed by atoms with van der Waals surface area (Å²) >= 11 is 1.32. The average molecular weight is 536 g/mol. The van der Waals surface area contributed by atoms with Crippen molar-refractivity contribution < 1.29 is 4.79 Å². The van der Waals surface area contributed by atoms with Gasteiger partial charge in [0, 0.05) is 16.7 Å². The number of aromatic nitrogens is 2. The number of aryl methyl sites for hydroxylation is 2. The lowest BCUT2D eigenvalue weighted by Crippen LogP contribution is -2.43. The van der Waals surface area contributed by atoms with Crippen LogP contribution in [0.2, 0.25) is 0 Å². The minimum absolute atomic E-state index is 0.00662. The van der Waals surface area contributed by atoms with E-state index < -0.39 is 0 Å². The van der Waals surface area contributed by atoms with Crippen molar-refractivity contribution in [2.24, 2.45) is 0 Å².